The summed E-state index contributed by atoms with van der Waals surface area (Å²) in [5, 5.41) is 3.08. The second kappa shape index (κ2) is 14.2. The summed E-state index contributed by atoms with van der Waals surface area (Å²) in [6, 6.07) is 18.3. The van der Waals surface area contributed by atoms with Crippen molar-refractivity contribution in [1.29, 1.82) is 0 Å². The van der Waals surface area contributed by atoms with Crippen LogP contribution in [0.2, 0.25) is 0 Å². The summed E-state index contributed by atoms with van der Waals surface area (Å²) in [4.78, 5) is 55.1. The van der Waals surface area contributed by atoms with Gasteiger partial charge in [-0.1, -0.05) is 18.2 Å². The minimum atomic E-state index is -4.67. The molecule has 3 N–H and O–H groups in total. The molecule has 12 nitrogen and oxygen atoms in total. The third-order valence-electron chi connectivity index (χ3n) is 7.17. The molecule has 0 saturated heterocycles. The fourth-order valence-corrected chi connectivity index (χ4v) is 5.08. The van der Waals surface area contributed by atoms with Crippen molar-refractivity contribution in [2.24, 2.45) is 0 Å². The van der Waals surface area contributed by atoms with Crippen LogP contribution in [0.25, 0.3) is 10.8 Å². The zero-order chi connectivity index (χ0) is 35.4. The summed E-state index contributed by atoms with van der Waals surface area (Å²) >= 11 is 0. The summed E-state index contributed by atoms with van der Waals surface area (Å²) in [6.45, 7) is 5.18. The second-order valence-electron chi connectivity index (χ2n) is 10.2. The van der Waals surface area contributed by atoms with Crippen molar-refractivity contribution in [2.45, 2.75) is 20.0 Å². The lowest BCUT2D eigenvalue weighted by molar-refractivity contribution is -0.137. The fraction of sp³-hybridized carbons (Fsp3) is 0.188. The zero-order valence-electron chi connectivity index (χ0n) is 25.3. The van der Waals surface area contributed by atoms with Gasteiger partial charge in [-0.05, 0) is 79.9 Å². The number of carbonyl (C=O) groups excluding carboxylic acids is 4. The number of nitrogens with one attached hydrogen (secondary N) is 1. The van der Waals surface area contributed by atoms with Gasteiger partial charge in [0, 0.05) is 41.0 Å². The molecule has 0 aliphatic carbocycles. The van der Waals surface area contributed by atoms with Crippen molar-refractivity contribution < 1.29 is 54.6 Å². The number of nitrogens with zero attached hydrogens (tertiary/aromatic N) is 2. The highest BCUT2D eigenvalue weighted by molar-refractivity contribution is 7.79. The van der Waals surface area contributed by atoms with Crippen LogP contribution in [0.5, 0.6) is 0 Å². The average molecular weight is 688 g/mol. The van der Waals surface area contributed by atoms with Gasteiger partial charge in [0.2, 0.25) is 0 Å². The van der Waals surface area contributed by atoms with Gasteiger partial charge in [-0.15, -0.1) is 0 Å². The lowest BCUT2D eigenvalue weighted by atomic mass is 9.91. The van der Waals surface area contributed by atoms with Crippen LogP contribution in [-0.4, -0.2) is 60.9 Å². The van der Waals surface area contributed by atoms with E-state index in [1.54, 1.807) is 12.1 Å². The number of imide groups is 1. The van der Waals surface area contributed by atoms with Gasteiger partial charge in [0.1, 0.15) is 0 Å². The molecular formula is C32H28F3N3O9S. The van der Waals surface area contributed by atoms with Crippen LogP contribution < -0.4 is 15.1 Å². The number of hydrogen-bond donors (Lipinski definition) is 3. The minimum Gasteiger partial charge on any atom is -0.452 e. The molecule has 252 valence electrons. The predicted molar refractivity (Wildman–Crippen MR) is 170 cm³/mol. The van der Waals surface area contributed by atoms with Crippen molar-refractivity contribution in [2.75, 3.05) is 34.8 Å². The van der Waals surface area contributed by atoms with E-state index in [0.717, 1.165) is 37.0 Å². The molecule has 0 radical (unpaired) electrons. The maximum Gasteiger partial charge on any atom is 0.416 e. The van der Waals surface area contributed by atoms with E-state index in [1.807, 2.05) is 26.0 Å². The number of halogens is 3. The third-order valence-corrected chi connectivity index (χ3v) is 7.17. The van der Waals surface area contributed by atoms with E-state index in [4.69, 9.17) is 22.3 Å². The molecule has 48 heavy (non-hydrogen) atoms. The summed E-state index contributed by atoms with van der Waals surface area (Å²) in [5.41, 5.74) is 0.381. The van der Waals surface area contributed by atoms with Crippen molar-refractivity contribution >= 4 is 61.9 Å². The Morgan fingerprint density at radius 3 is 2.04 bits per heavy atom. The normalized spacial score (nSPS) is 12.7. The molecule has 0 unspecified atom stereocenters. The number of hydrogen-bond acceptors (Lipinski definition) is 8. The highest BCUT2D eigenvalue weighted by Gasteiger charge is 2.37. The minimum absolute atomic E-state index is 0.0186. The van der Waals surface area contributed by atoms with Gasteiger partial charge >= 0.3 is 22.5 Å². The smallest absolute Gasteiger partial charge is 0.416 e. The molecule has 0 bridgehead atoms. The Hall–Kier alpha value is -5.32. The molecule has 1 aliphatic rings. The summed E-state index contributed by atoms with van der Waals surface area (Å²) in [5.74, 6) is -3.08. The molecular weight excluding hydrogens is 659 g/mol. The van der Waals surface area contributed by atoms with Crippen LogP contribution in [0.4, 0.5) is 30.2 Å². The molecule has 5 rings (SSSR count). The van der Waals surface area contributed by atoms with Crippen LogP contribution in [-0.2, 0) is 26.1 Å². The molecule has 0 atom stereocenters. The monoisotopic (exact) mass is 687 g/mol. The zero-order valence-corrected chi connectivity index (χ0v) is 26.1. The van der Waals surface area contributed by atoms with E-state index in [-0.39, 0.29) is 33.2 Å². The third kappa shape index (κ3) is 8.14. The van der Waals surface area contributed by atoms with Crippen molar-refractivity contribution in [1.82, 2.24) is 0 Å². The summed E-state index contributed by atoms with van der Waals surface area (Å²) in [7, 11) is -4.67. The number of amides is 3. The second-order valence-corrected chi connectivity index (χ2v) is 11.1. The Kier molecular flexibility index (Phi) is 10.5. The first-order valence-corrected chi connectivity index (χ1v) is 15.6. The van der Waals surface area contributed by atoms with E-state index in [0.29, 0.717) is 10.6 Å². The highest BCUT2D eigenvalue weighted by atomic mass is 32.3. The molecule has 4 aromatic rings. The lowest BCUT2D eigenvalue weighted by Crippen LogP contribution is -2.40. The van der Waals surface area contributed by atoms with E-state index in [1.165, 1.54) is 36.4 Å². The molecule has 3 amide bonds. The summed E-state index contributed by atoms with van der Waals surface area (Å²) < 4.78 is 76.7. The highest BCUT2D eigenvalue weighted by Crippen LogP contribution is 2.37. The van der Waals surface area contributed by atoms with Crippen molar-refractivity contribution in [3.05, 3.63) is 101 Å². The number of carbonyl (C=O) groups is 4. The quantitative estimate of drug-likeness (QED) is 0.120. The molecule has 1 heterocycles. The van der Waals surface area contributed by atoms with Crippen LogP contribution in [0.1, 0.15) is 50.5 Å². The van der Waals surface area contributed by atoms with Crippen LogP contribution in [0, 0.1) is 0 Å². The lowest BCUT2D eigenvalue weighted by Gasteiger charge is -2.28. The Bertz CT molecular complexity index is 1970. The predicted octanol–water partition coefficient (Wildman–Crippen LogP) is 5.65. The number of rotatable bonds is 8. The number of esters is 1. The first-order chi connectivity index (χ1) is 22.5. The molecule has 16 heteroatoms. The Morgan fingerprint density at radius 1 is 0.875 bits per heavy atom. The van der Waals surface area contributed by atoms with Gasteiger partial charge in [0.25, 0.3) is 17.7 Å². The molecule has 0 aromatic heterocycles. The van der Waals surface area contributed by atoms with E-state index in [9.17, 15) is 32.3 Å². The molecule has 4 aromatic carbocycles. The number of benzene rings is 4. The van der Waals surface area contributed by atoms with Gasteiger partial charge < -0.3 is 15.0 Å². The molecule has 1 aliphatic heterocycles. The van der Waals surface area contributed by atoms with Crippen LogP contribution in [0.15, 0.2) is 78.9 Å². The van der Waals surface area contributed by atoms with E-state index in [2.05, 4.69) is 10.2 Å². The van der Waals surface area contributed by atoms with Crippen LogP contribution in [0.3, 0.4) is 0 Å². The number of alkyl halides is 3. The van der Waals surface area contributed by atoms with Crippen LogP contribution >= 0.6 is 0 Å². The molecule has 0 saturated carbocycles. The maximum atomic E-state index is 13.4. The molecule has 0 spiro atoms. The Morgan fingerprint density at radius 2 is 1.46 bits per heavy atom. The van der Waals surface area contributed by atoms with E-state index < -0.39 is 52.4 Å². The van der Waals surface area contributed by atoms with Gasteiger partial charge in [0.05, 0.1) is 16.8 Å². The van der Waals surface area contributed by atoms with Gasteiger partial charge in [-0.3, -0.25) is 23.5 Å². The Balaban J connectivity index is 0.000000968. The largest absolute Gasteiger partial charge is 0.452 e. The van der Waals surface area contributed by atoms with Gasteiger partial charge in [-0.25, -0.2) is 9.69 Å². The standard InChI is InChI=1S/C32H26F3N3O5.H2O4S/c1-3-37(4-2)21-13-11-20(12-14-21)36-27(39)18-43-31(42)24-15-16-26-28-23(24)9-6-10-25(28)29(40)38(30(26)41)22-8-5-7-19(17-22)32(33,34)35;1-5(2,3)4/h5-17H,3-4,18H2,1-2H3,(H,36,39);(H2,1,2,3,4). The topological polar surface area (TPSA) is 171 Å². The first-order valence-electron chi connectivity index (χ1n) is 14.2. The Labute approximate surface area is 272 Å². The number of ether oxygens (including phenoxy) is 1. The molecule has 0 fully saturated rings. The van der Waals surface area contributed by atoms with Gasteiger partial charge in [-0.2, -0.15) is 21.6 Å². The number of anilines is 3. The van der Waals surface area contributed by atoms with E-state index >= 15 is 0 Å². The first kappa shape index (κ1) is 35.5. The SMILES string of the molecule is CCN(CC)c1ccc(NC(=O)COC(=O)c2ccc3c4c(cccc24)C(=O)N(c2cccc(C(F)(F)F)c2)C3=O)cc1.O=S(=O)(O)O. The van der Waals surface area contributed by atoms with Crippen molar-refractivity contribution in [3.63, 3.8) is 0 Å². The van der Waals surface area contributed by atoms with Crippen molar-refractivity contribution in [3.8, 4) is 0 Å². The summed E-state index contributed by atoms with van der Waals surface area (Å²) in [6.07, 6.45) is -4.67. The fourth-order valence-electron chi connectivity index (χ4n) is 5.08. The average Bonchev–Trinajstić information content (AvgIpc) is 3.02. The maximum absolute atomic E-state index is 13.4. The van der Waals surface area contributed by atoms with Gasteiger partial charge in [0.15, 0.2) is 6.61 Å².